The molecule has 1 aromatic heterocycles. The number of hydrogen-bond acceptors (Lipinski definition) is 2. The summed E-state index contributed by atoms with van der Waals surface area (Å²) in [5.41, 5.74) is 1.83. The number of para-hydroxylation sites is 1. The number of benzene rings is 1. The highest BCUT2D eigenvalue weighted by Gasteiger charge is 2.08. The Morgan fingerprint density at radius 2 is 2.06 bits per heavy atom. The number of pyridine rings is 1. The van der Waals surface area contributed by atoms with E-state index in [1.54, 1.807) is 12.4 Å². The zero-order valence-corrected chi connectivity index (χ0v) is 12.5. The van der Waals surface area contributed by atoms with Gasteiger partial charge in [-0.15, -0.1) is 11.6 Å². The second kappa shape index (κ2) is 6.41. The Labute approximate surface area is 124 Å². The molecule has 0 aliphatic rings. The van der Waals surface area contributed by atoms with E-state index in [0.29, 0.717) is 17.5 Å². The van der Waals surface area contributed by atoms with Gasteiger partial charge in [0.05, 0.1) is 15.4 Å². The van der Waals surface area contributed by atoms with Gasteiger partial charge in [0.2, 0.25) is 0 Å². The van der Waals surface area contributed by atoms with Crippen LogP contribution in [0.15, 0.2) is 41.1 Å². The Hall–Kier alpha value is -0.770. The lowest BCUT2D eigenvalue weighted by Gasteiger charge is -2.12. The third kappa shape index (κ3) is 3.16. The van der Waals surface area contributed by atoms with Crippen molar-refractivity contribution in [1.82, 2.24) is 4.98 Å². The molecule has 0 bridgehead atoms. The normalized spacial score (nSPS) is 10.4. The molecule has 0 fully saturated rings. The highest BCUT2D eigenvalue weighted by molar-refractivity contribution is 9.10. The van der Waals surface area contributed by atoms with Crippen LogP contribution in [0.2, 0.25) is 5.02 Å². The van der Waals surface area contributed by atoms with Crippen LogP contribution in [0.25, 0.3) is 0 Å². The molecule has 0 N–H and O–H groups in total. The van der Waals surface area contributed by atoms with Crippen LogP contribution < -0.4 is 4.74 Å². The van der Waals surface area contributed by atoms with E-state index in [0.717, 1.165) is 21.3 Å². The smallest absolute Gasteiger partial charge is 0.138 e. The van der Waals surface area contributed by atoms with Crippen LogP contribution >= 0.6 is 39.1 Å². The summed E-state index contributed by atoms with van der Waals surface area (Å²) in [5.74, 6) is 1.15. The monoisotopic (exact) mass is 345 g/mol. The molecule has 18 heavy (non-hydrogen) atoms. The molecule has 0 amide bonds. The van der Waals surface area contributed by atoms with Crippen molar-refractivity contribution in [1.29, 1.82) is 0 Å². The average Bonchev–Trinajstić information content (AvgIpc) is 2.39. The average molecular weight is 347 g/mol. The maximum atomic E-state index is 6.02. The largest absolute Gasteiger partial charge is 0.487 e. The molecule has 94 valence electrons. The zero-order chi connectivity index (χ0) is 13.0. The van der Waals surface area contributed by atoms with Crippen LogP contribution in [0.5, 0.6) is 5.75 Å². The summed E-state index contributed by atoms with van der Waals surface area (Å²) in [7, 11) is 0. The van der Waals surface area contributed by atoms with Crippen molar-refractivity contribution in [3.05, 3.63) is 57.3 Å². The van der Waals surface area contributed by atoms with Gasteiger partial charge in [-0.25, -0.2) is 0 Å². The highest BCUT2D eigenvalue weighted by atomic mass is 79.9. The number of ether oxygens (including phenoxy) is 1. The number of hydrogen-bond donors (Lipinski definition) is 0. The molecule has 1 heterocycles. The van der Waals surface area contributed by atoms with Crippen molar-refractivity contribution in [3.63, 3.8) is 0 Å². The fraction of sp³-hybridized carbons (Fsp3) is 0.154. The van der Waals surface area contributed by atoms with E-state index in [1.165, 1.54) is 0 Å². The zero-order valence-electron chi connectivity index (χ0n) is 9.37. The molecule has 2 aromatic rings. The van der Waals surface area contributed by atoms with E-state index in [-0.39, 0.29) is 0 Å². The Morgan fingerprint density at radius 3 is 2.78 bits per heavy atom. The number of rotatable bonds is 4. The van der Waals surface area contributed by atoms with Crippen molar-refractivity contribution in [2.75, 3.05) is 0 Å². The topological polar surface area (TPSA) is 22.1 Å². The summed E-state index contributed by atoms with van der Waals surface area (Å²) in [6.07, 6.45) is 3.29. The van der Waals surface area contributed by atoms with Gasteiger partial charge in [0.15, 0.2) is 0 Å². The Morgan fingerprint density at radius 1 is 1.22 bits per heavy atom. The molecule has 0 saturated carbocycles. The lowest BCUT2D eigenvalue weighted by Crippen LogP contribution is -1.99. The van der Waals surface area contributed by atoms with Crippen LogP contribution in [-0.2, 0) is 12.5 Å². The van der Waals surface area contributed by atoms with Crippen LogP contribution in [0.4, 0.5) is 0 Å². The maximum Gasteiger partial charge on any atom is 0.138 e. The fourth-order valence-corrected chi connectivity index (χ4v) is 2.40. The first-order chi connectivity index (χ1) is 8.72. The third-order valence-electron chi connectivity index (χ3n) is 2.42. The summed E-state index contributed by atoms with van der Waals surface area (Å²) in [6.45, 7) is 0.383. The summed E-state index contributed by atoms with van der Waals surface area (Å²) in [5, 5.41) is 0.594. The predicted octanol–water partition coefficient (Wildman–Crippen LogP) is 4.82. The molecular formula is C13H10BrCl2NO. The van der Waals surface area contributed by atoms with E-state index in [4.69, 9.17) is 27.9 Å². The molecule has 0 saturated heterocycles. The van der Waals surface area contributed by atoms with Gasteiger partial charge in [-0.05, 0) is 28.1 Å². The summed E-state index contributed by atoms with van der Waals surface area (Å²) >= 11 is 15.4. The molecule has 1 aromatic carbocycles. The molecule has 2 nitrogen and oxygen atoms in total. The predicted molar refractivity (Wildman–Crippen MR) is 77.3 cm³/mol. The van der Waals surface area contributed by atoms with Crippen LogP contribution in [-0.4, -0.2) is 4.98 Å². The van der Waals surface area contributed by atoms with Crippen LogP contribution in [0.1, 0.15) is 11.1 Å². The maximum absolute atomic E-state index is 6.02. The first-order valence-corrected chi connectivity index (χ1v) is 6.97. The van der Waals surface area contributed by atoms with Crippen LogP contribution in [0, 0.1) is 0 Å². The molecule has 2 rings (SSSR count). The second-order valence-electron chi connectivity index (χ2n) is 3.62. The van der Waals surface area contributed by atoms with Crippen molar-refractivity contribution in [2.24, 2.45) is 0 Å². The molecule has 0 atom stereocenters. The van der Waals surface area contributed by atoms with Gasteiger partial charge in [-0.2, -0.15) is 0 Å². The lowest BCUT2D eigenvalue weighted by molar-refractivity contribution is 0.302. The van der Waals surface area contributed by atoms with Gasteiger partial charge in [-0.3, -0.25) is 4.98 Å². The van der Waals surface area contributed by atoms with Gasteiger partial charge in [0.1, 0.15) is 12.4 Å². The number of halogens is 3. The molecule has 0 aliphatic heterocycles. The van der Waals surface area contributed by atoms with E-state index < -0.39 is 0 Å². The highest BCUT2D eigenvalue weighted by Crippen LogP contribution is 2.31. The summed E-state index contributed by atoms with van der Waals surface area (Å²) < 4.78 is 6.66. The number of nitrogens with zero attached hydrogens (tertiary/aromatic N) is 1. The van der Waals surface area contributed by atoms with Gasteiger partial charge in [0, 0.05) is 23.5 Å². The van der Waals surface area contributed by atoms with Gasteiger partial charge in [0.25, 0.3) is 0 Å². The minimum absolute atomic E-state index is 0.383. The van der Waals surface area contributed by atoms with Gasteiger partial charge < -0.3 is 4.74 Å². The fourth-order valence-electron chi connectivity index (χ4n) is 1.49. The van der Waals surface area contributed by atoms with Crippen molar-refractivity contribution < 1.29 is 4.74 Å². The Kier molecular flexibility index (Phi) is 4.87. The first-order valence-electron chi connectivity index (χ1n) is 5.27. The van der Waals surface area contributed by atoms with E-state index in [1.807, 2.05) is 24.3 Å². The summed E-state index contributed by atoms with van der Waals surface area (Å²) in [4.78, 5) is 3.93. The van der Waals surface area contributed by atoms with E-state index in [9.17, 15) is 0 Å². The standard InChI is InChI=1S/C13H10BrCl2NO/c14-11-3-1-2-9(6-15)13(11)18-8-10-4-5-17-7-12(10)16/h1-5,7H,6,8H2. The molecule has 5 heteroatoms. The quantitative estimate of drug-likeness (QED) is 0.741. The summed E-state index contributed by atoms with van der Waals surface area (Å²) in [6, 6.07) is 7.61. The Balaban J connectivity index is 2.18. The van der Waals surface area contributed by atoms with Crippen molar-refractivity contribution >= 4 is 39.1 Å². The SMILES string of the molecule is ClCc1cccc(Br)c1OCc1ccncc1Cl. The molecule has 0 spiro atoms. The Bertz CT molecular complexity index is 548. The number of alkyl halides is 1. The third-order valence-corrected chi connectivity index (χ3v) is 3.67. The molecule has 0 radical (unpaired) electrons. The van der Waals surface area contributed by atoms with E-state index in [2.05, 4.69) is 20.9 Å². The minimum atomic E-state index is 0.383. The van der Waals surface area contributed by atoms with Crippen molar-refractivity contribution in [3.8, 4) is 5.75 Å². The van der Waals surface area contributed by atoms with E-state index >= 15 is 0 Å². The minimum Gasteiger partial charge on any atom is -0.487 e. The van der Waals surface area contributed by atoms with Crippen molar-refractivity contribution in [2.45, 2.75) is 12.5 Å². The first kappa shape index (κ1) is 13.7. The van der Waals surface area contributed by atoms with Gasteiger partial charge >= 0.3 is 0 Å². The van der Waals surface area contributed by atoms with Crippen LogP contribution in [0.3, 0.4) is 0 Å². The lowest BCUT2D eigenvalue weighted by atomic mass is 10.2. The molecule has 0 aliphatic carbocycles. The molecular weight excluding hydrogens is 337 g/mol. The van der Waals surface area contributed by atoms with Gasteiger partial charge in [-0.1, -0.05) is 23.7 Å². The number of aromatic nitrogens is 1. The molecule has 0 unspecified atom stereocenters. The second-order valence-corrected chi connectivity index (χ2v) is 5.15.